The van der Waals surface area contributed by atoms with Gasteiger partial charge in [-0.15, -0.1) is 11.3 Å². The number of nitrogens with two attached hydrogens (primary N) is 1. The van der Waals surface area contributed by atoms with E-state index in [1.54, 1.807) is 17.4 Å². The van der Waals surface area contributed by atoms with Crippen LogP contribution in [-0.2, 0) is 6.54 Å². The van der Waals surface area contributed by atoms with E-state index in [1.165, 1.54) is 0 Å². The number of hydrogen-bond donors (Lipinski definition) is 2. The summed E-state index contributed by atoms with van der Waals surface area (Å²) >= 11 is 5.06. The topological polar surface area (TPSA) is 55.1 Å². The van der Waals surface area contributed by atoms with Crippen LogP contribution in [-0.4, -0.2) is 12.5 Å². The zero-order valence-corrected chi connectivity index (χ0v) is 14.0. The van der Waals surface area contributed by atoms with Crippen LogP contribution in [0.1, 0.15) is 26.4 Å². The van der Waals surface area contributed by atoms with E-state index < -0.39 is 0 Å². The molecule has 1 heterocycles. The van der Waals surface area contributed by atoms with E-state index in [2.05, 4.69) is 33.1 Å². The average Bonchev–Trinajstić information content (AvgIpc) is 2.89. The van der Waals surface area contributed by atoms with Crippen LogP contribution in [0.5, 0.6) is 0 Å². The molecule has 1 aromatic heterocycles. The van der Waals surface area contributed by atoms with Crippen molar-refractivity contribution < 1.29 is 4.79 Å². The van der Waals surface area contributed by atoms with Crippen molar-refractivity contribution in [2.45, 2.75) is 13.5 Å². The molecular formula is C16H15BrN2OS. The van der Waals surface area contributed by atoms with E-state index in [0.29, 0.717) is 18.7 Å². The van der Waals surface area contributed by atoms with Gasteiger partial charge < -0.3 is 11.1 Å². The molecule has 2 aromatic rings. The second kappa shape index (κ2) is 7.41. The molecule has 2 rings (SSSR count). The summed E-state index contributed by atoms with van der Waals surface area (Å²) < 4.78 is 1.02. The number of amides is 1. The standard InChI is InChI=1S/C16H15BrN2OS/c1-11-4-5-13(9-12(11)3-2-7-18)16(20)19-10-15-14(17)6-8-21-15/h4-6,8-9H,7,10,18H2,1H3,(H,19,20). The lowest BCUT2D eigenvalue weighted by Crippen LogP contribution is -2.22. The van der Waals surface area contributed by atoms with Crippen molar-refractivity contribution in [3.05, 3.63) is 55.7 Å². The Kier molecular flexibility index (Phi) is 5.57. The van der Waals surface area contributed by atoms with Crippen molar-refractivity contribution in [3.8, 4) is 11.8 Å². The monoisotopic (exact) mass is 362 g/mol. The second-order valence-corrected chi connectivity index (χ2v) is 6.26. The summed E-state index contributed by atoms with van der Waals surface area (Å²) in [6.45, 7) is 2.78. The minimum absolute atomic E-state index is 0.105. The van der Waals surface area contributed by atoms with Crippen LogP contribution in [0.15, 0.2) is 34.1 Å². The number of rotatable bonds is 3. The second-order valence-electron chi connectivity index (χ2n) is 4.41. The smallest absolute Gasteiger partial charge is 0.251 e. The first-order chi connectivity index (χ1) is 10.1. The highest BCUT2D eigenvalue weighted by atomic mass is 79.9. The maximum atomic E-state index is 12.2. The molecule has 0 spiro atoms. The van der Waals surface area contributed by atoms with Crippen LogP contribution in [0.3, 0.4) is 0 Å². The fraction of sp³-hybridized carbons (Fsp3) is 0.188. The molecule has 1 amide bonds. The van der Waals surface area contributed by atoms with Crippen LogP contribution < -0.4 is 11.1 Å². The van der Waals surface area contributed by atoms with Crippen molar-refractivity contribution in [2.24, 2.45) is 5.73 Å². The molecular weight excluding hydrogens is 348 g/mol. The lowest BCUT2D eigenvalue weighted by Gasteiger charge is -2.06. The third-order valence-corrected chi connectivity index (χ3v) is 4.85. The lowest BCUT2D eigenvalue weighted by atomic mass is 10.0. The first-order valence-electron chi connectivity index (χ1n) is 6.41. The lowest BCUT2D eigenvalue weighted by molar-refractivity contribution is 0.0951. The summed E-state index contributed by atoms with van der Waals surface area (Å²) in [5.41, 5.74) is 7.86. The Morgan fingerprint density at radius 1 is 1.43 bits per heavy atom. The first-order valence-corrected chi connectivity index (χ1v) is 8.08. The summed E-state index contributed by atoms with van der Waals surface area (Å²) in [4.78, 5) is 13.3. The summed E-state index contributed by atoms with van der Waals surface area (Å²) in [6.07, 6.45) is 0. The third kappa shape index (κ3) is 4.18. The largest absolute Gasteiger partial charge is 0.347 e. The quantitative estimate of drug-likeness (QED) is 0.824. The van der Waals surface area contributed by atoms with Crippen LogP contribution >= 0.6 is 27.3 Å². The molecule has 0 bridgehead atoms. The number of nitrogens with one attached hydrogen (secondary N) is 1. The molecule has 3 nitrogen and oxygen atoms in total. The van der Waals surface area contributed by atoms with E-state index in [0.717, 1.165) is 20.5 Å². The van der Waals surface area contributed by atoms with E-state index in [9.17, 15) is 4.79 Å². The molecule has 0 saturated heterocycles. The molecule has 5 heteroatoms. The number of halogens is 1. The highest BCUT2D eigenvalue weighted by molar-refractivity contribution is 9.10. The summed E-state index contributed by atoms with van der Waals surface area (Å²) in [5, 5.41) is 4.90. The Morgan fingerprint density at radius 3 is 2.90 bits per heavy atom. The molecule has 0 saturated carbocycles. The molecule has 0 aliphatic carbocycles. The van der Waals surface area contributed by atoms with Gasteiger partial charge in [0.25, 0.3) is 5.91 Å². The molecule has 0 aliphatic heterocycles. The van der Waals surface area contributed by atoms with E-state index in [1.807, 2.05) is 30.5 Å². The molecule has 0 radical (unpaired) electrons. The zero-order valence-electron chi connectivity index (χ0n) is 11.6. The van der Waals surface area contributed by atoms with Gasteiger partial charge in [0.05, 0.1) is 13.1 Å². The Balaban J connectivity index is 2.10. The van der Waals surface area contributed by atoms with Crippen molar-refractivity contribution in [2.75, 3.05) is 6.54 Å². The average molecular weight is 363 g/mol. The Labute approximate surface area is 136 Å². The van der Waals surface area contributed by atoms with E-state index >= 15 is 0 Å². The highest BCUT2D eigenvalue weighted by Crippen LogP contribution is 2.22. The molecule has 21 heavy (non-hydrogen) atoms. The van der Waals surface area contributed by atoms with Gasteiger partial charge in [0.1, 0.15) is 0 Å². The van der Waals surface area contributed by atoms with Crippen LogP contribution in [0.2, 0.25) is 0 Å². The van der Waals surface area contributed by atoms with Gasteiger partial charge in [0.2, 0.25) is 0 Å². The fourth-order valence-corrected chi connectivity index (χ4v) is 3.19. The molecule has 108 valence electrons. The number of carbonyl (C=O) groups excluding carboxylic acids is 1. The van der Waals surface area contributed by atoms with Gasteiger partial charge in [-0.1, -0.05) is 17.9 Å². The van der Waals surface area contributed by atoms with Gasteiger partial charge in [-0.3, -0.25) is 4.79 Å². The van der Waals surface area contributed by atoms with Gasteiger partial charge in [-0.2, -0.15) is 0 Å². The molecule has 0 atom stereocenters. The van der Waals surface area contributed by atoms with Crippen molar-refractivity contribution in [3.63, 3.8) is 0 Å². The number of benzene rings is 1. The molecule has 1 aromatic carbocycles. The normalized spacial score (nSPS) is 9.86. The van der Waals surface area contributed by atoms with Crippen molar-refractivity contribution in [1.29, 1.82) is 0 Å². The predicted molar refractivity (Wildman–Crippen MR) is 90.3 cm³/mol. The van der Waals surface area contributed by atoms with Crippen LogP contribution in [0.4, 0.5) is 0 Å². The van der Waals surface area contributed by atoms with Gasteiger partial charge in [0.15, 0.2) is 0 Å². The first kappa shape index (κ1) is 15.8. The molecule has 3 N–H and O–H groups in total. The van der Waals surface area contributed by atoms with Crippen LogP contribution in [0.25, 0.3) is 0 Å². The SMILES string of the molecule is Cc1ccc(C(=O)NCc2sccc2Br)cc1C#CCN. The number of carbonyl (C=O) groups is 1. The maximum absolute atomic E-state index is 12.2. The fourth-order valence-electron chi connectivity index (χ4n) is 1.76. The molecule has 0 fully saturated rings. The Morgan fingerprint density at radius 2 is 2.24 bits per heavy atom. The van der Waals surface area contributed by atoms with Crippen molar-refractivity contribution in [1.82, 2.24) is 5.32 Å². The zero-order chi connectivity index (χ0) is 15.2. The Hall–Kier alpha value is -1.61. The van der Waals surface area contributed by atoms with Gasteiger partial charge >= 0.3 is 0 Å². The summed E-state index contributed by atoms with van der Waals surface area (Å²) in [5.74, 6) is 5.70. The molecule has 0 aliphatic rings. The summed E-state index contributed by atoms with van der Waals surface area (Å²) in [6, 6.07) is 7.48. The number of thiophene rings is 1. The Bertz CT molecular complexity index is 713. The van der Waals surface area contributed by atoms with Gasteiger partial charge in [0, 0.05) is 20.5 Å². The van der Waals surface area contributed by atoms with Crippen LogP contribution in [0, 0.1) is 18.8 Å². The molecule has 0 unspecified atom stereocenters. The minimum Gasteiger partial charge on any atom is -0.347 e. The minimum atomic E-state index is -0.105. The maximum Gasteiger partial charge on any atom is 0.251 e. The van der Waals surface area contributed by atoms with Gasteiger partial charge in [-0.05, 0) is 52.0 Å². The number of hydrogen-bond acceptors (Lipinski definition) is 3. The van der Waals surface area contributed by atoms with Gasteiger partial charge in [-0.25, -0.2) is 0 Å². The summed E-state index contributed by atoms with van der Waals surface area (Å²) in [7, 11) is 0. The predicted octanol–water partition coefficient (Wildman–Crippen LogP) is 3.06. The highest BCUT2D eigenvalue weighted by Gasteiger charge is 2.08. The van der Waals surface area contributed by atoms with E-state index in [-0.39, 0.29) is 5.91 Å². The van der Waals surface area contributed by atoms with Crippen molar-refractivity contribution >= 4 is 33.2 Å². The number of aryl methyl sites for hydroxylation is 1. The third-order valence-electron chi connectivity index (χ3n) is 2.93. The van der Waals surface area contributed by atoms with E-state index in [4.69, 9.17) is 5.73 Å².